The van der Waals surface area contributed by atoms with Gasteiger partial charge in [-0.25, -0.2) is 9.29 Å². The molecule has 1 heterocycles. The molecule has 2 aromatic carbocycles. The third-order valence-corrected chi connectivity index (χ3v) is 3.76. The van der Waals surface area contributed by atoms with E-state index >= 15 is 0 Å². The Kier molecular flexibility index (Phi) is 4.46. The summed E-state index contributed by atoms with van der Waals surface area (Å²) in [6.45, 7) is 2.41. The summed E-state index contributed by atoms with van der Waals surface area (Å²) in [6.07, 6.45) is -0.0135. The lowest BCUT2D eigenvalue weighted by molar-refractivity contribution is -0.121. The predicted molar refractivity (Wildman–Crippen MR) is 88.5 cm³/mol. The Hall–Kier alpha value is -2.89. The highest BCUT2D eigenvalue weighted by atomic mass is 19.1. The van der Waals surface area contributed by atoms with Gasteiger partial charge >= 0.3 is 0 Å². The molecule has 1 fully saturated rings. The summed E-state index contributed by atoms with van der Waals surface area (Å²) in [5.41, 5.74) is 0.684. The van der Waals surface area contributed by atoms with Crippen LogP contribution in [0.5, 0.6) is 5.75 Å². The number of rotatable bonds is 5. The molecular weight excluding hydrogens is 311 g/mol. The second-order valence-electron chi connectivity index (χ2n) is 5.38. The Morgan fingerprint density at radius 1 is 1.17 bits per heavy atom. The monoisotopic (exact) mass is 328 g/mol. The number of nitrogens with one attached hydrogen (secondary N) is 1. The molecule has 5 nitrogen and oxygen atoms in total. The molecule has 2 aromatic rings. The van der Waals surface area contributed by atoms with Crippen LogP contribution >= 0.6 is 0 Å². The molecule has 0 spiro atoms. The maximum Gasteiger partial charge on any atom is 0.256 e. The zero-order valence-corrected chi connectivity index (χ0v) is 13.2. The molecule has 1 unspecified atom stereocenters. The van der Waals surface area contributed by atoms with Crippen LogP contribution in [-0.4, -0.2) is 24.5 Å². The van der Waals surface area contributed by atoms with Gasteiger partial charge in [-0.15, -0.1) is 0 Å². The van der Waals surface area contributed by atoms with Crippen LogP contribution in [0.4, 0.5) is 15.8 Å². The van der Waals surface area contributed by atoms with Gasteiger partial charge in [-0.2, -0.15) is 0 Å². The Bertz CT molecular complexity index is 761. The number of nitrogens with zero attached hydrogens (tertiary/aromatic N) is 1. The average Bonchev–Trinajstić information content (AvgIpc) is 2.85. The smallest absolute Gasteiger partial charge is 0.256 e. The van der Waals surface area contributed by atoms with E-state index < -0.39 is 17.8 Å². The molecule has 2 amide bonds. The van der Waals surface area contributed by atoms with Crippen molar-refractivity contribution in [2.75, 3.05) is 16.8 Å². The maximum atomic E-state index is 13.7. The molecule has 0 saturated carbocycles. The van der Waals surface area contributed by atoms with Crippen LogP contribution in [0.15, 0.2) is 48.5 Å². The molecule has 1 atom stereocenters. The first-order valence-corrected chi connectivity index (χ1v) is 7.71. The number of anilines is 2. The van der Waals surface area contributed by atoms with E-state index in [2.05, 4.69) is 5.32 Å². The van der Waals surface area contributed by atoms with E-state index in [0.717, 1.165) is 4.90 Å². The van der Waals surface area contributed by atoms with Crippen molar-refractivity contribution in [3.8, 4) is 5.75 Å². The zero-order valence-electron chi connectivity index (χ0n) is 13.2. The summed E-state index contributed by atoms with van der Waals surface area (Å²) in [5.74, 6) is -0.510. The molecule has 0 aliphatic carbocycles. The van der Waals surface area contributed by atoms with Crippen molar-refractivity contribution in [3.63, 3.8) is 0 Å². The second kappa shape index (κ2) is 6.70. The second-order valence-corrected chi connectivity index (χ2v) is 5.38. The van der Waals surface area contributed by atoms with Crippen LogP contribution in [0, 0.1) is 5.82 Å². The number of carbonyl (C=O) groups excluding carboxylic acids is 2. The van der Waals surface area contributed by atoms with Crippen LogP contribution in [0.3, 0.4) is 0 Å². The highest BCUT2D eigenvalue weighted by Crippen LogP contribution is 2.27. The van der Waals surface area contributed by atoms with E-state index in [4.69, 9.17) is 4.74 Å². The molecule has 1 aliphatic heterocycles. The third kappa shape index (κ3) is 3.08. The molecule has 1 aliphatic rings. The average molecular weight is 328 g/mol. The number of amides is 2. The van der Waals surface area contributed by atoms with E-state index in [9.17, 15) is 14.0 Å². The van der Waals surface area contributed by atoms with Crippen LogP contribution < -0.4 is 15.0 Å². The molecule has 24 heavy (non-hydrogen) atoms. The number of carbonyl (C=O) groups is 2. The predicted octanol–water partition coefficient (Wildman–Crippen LogP) is 2.97. The summed E-state index contributed by atoms with van der Waals surface area (Å²) in [7, 11) is 0. The van der Waals surface area contributed by atoms with Crippen molar-refractivity contribution >= 4 is 23.2 Å². The van der Waals surface area contributed by atoms with Gasteiger partial charge in [0, 0.05) is 0 Å². The minimum absolute atomic E-state index is 0.0135. The van der Waals surface area contributed by atoms with Crippen LogP contribution in [-0.2, 0) is 9.59 Å². The normalized spacial score (nSPS) is 17.2. The van der Waals surface area contributed by atoms with Gasteiger partial charge in [-0.3, -0.25) is 9.59 Å². The van der Waals surface area contributed by atoms with Gasteiger partial charge in [0.05, 0.1) is 24.4 Å². The standard InChI is InChI=1S/C18H17FN2O3/c1-2-24-13-9-7-12(8-10-13)21-17(22)11-16(18(21)23)20-15-6-4-3-5-14(15)19/h3-10,16,20H,2,11H2,1H3. The molecule has 1 saturated heterocycles. The molecule has 6 heteroatoms. The van der Waals surface area contributed by atoms with Gasteiger partial charge in [0.25, 0.3) is 5.91 Å². The molecular formula is C18H17FN2O3. The molecule has 0 bridgehead atoms. The minimum Gasteiger partial charge on any atom is -0.494 e. The van der Waals surface area contributed by atoms with Crippen molar-refractivity contribution in [3.05, 3.63) is 54.3 Å². The fourth-order valence-electron chi connectivity index (χ4n) is 2.64. The number of ether oxygens (including phenoxy) is 1. The lowest BCUT2D eigenvalue weighted by atomic mass is 10.2. The van der Waals surface area contributed by atoms with E-state index in [1.54, 1.807) is 36.4 Å². The quantitative estimate of drug-likeness (QED) is 0.857. The molecule has 1 N–H and O–H groups in total. The first-order valence-electron chi connectivity index (χ1n) is 7.71. The zero-order chi connectivity index (χ0) is 17.1. The van der Waals surface area contributed by atoms with Gasteiger partial charge in [0.2, 0.25) is 5.91 Å². The number of halogens is 1. The maximum absolute atomic E-state index is 13.7. The van der Waals surface area contributed by atoms with Gasteiger partial charge < -0.3 is 10.1 Å². The Morgan fingerprint density at radius 2 is 1.88 bits per heavy atom. The highest BCUT2D eigenvalue weighted by Gasteiger charge is 2.39. The summed E-state index contributed by atoms with van der Waals surface area (Å²) in [4.78, 5) is 25.9. The largest absolute Gasteiger partial charge is 0.494 e. The van der Waals surface area contributed by atoms with Crippen molar-refractivity contribution in [1.82, 2.24) is 0 Å². The molecule has 0 radical (unpaired) electrons. The Balaban J connectivity index is 1.77. The van der Waals surface area contributed by atoms with E-state index in [0.29, 0.717) is 18.0 Å². The van der Waals surface area contributed by atoms with E-state index in [-0.39, 0.29) is 18.0 Å². The van der Waals surface area contributed by atoms with Crippen molar-refractivity contribution in [2.45, 2.75) is 19.4 Å². The number of hydrogen-bond donors (Lipinski definition) is 1. The van der Waals surface area contributed by atoms with Gasteiger partial charge in [-0.1, -0.05) is 12.1 Å². The number of benzene rings is 2. The highest BCUT2D eigenvalue weighted by molar-refractivity contribution is 6.23. The molecule has 124 valence electrons. The minimum atomic E-state index is -0.777. The Labute approximate surface area is 139 Å². The lowest BCUT2D eigenvalue weighted by Gasteiger charge is -2.16. The van der Waals surface area contributed by atoms with Crippen molar-refractivity contribution in [1.29, 1.82) is 0 Å². The van der Waals surface area contributed by atoms with Gasteiger partial charge in [-0.05, 0) is 43.3 Å². The van der Waals surface area contributed by atoms with E-state index in [1.165, 1.54) is 12.1 Å². The fraction of sp³-hybridized carbons (Fsp3) is 0.222. The third-order valence-electron chi connectivity index (χ3n) is 3.76. The van der Waals surface area contributed by atoms with E-state index in [1.807, 2.05) is 6.92 Å². The fourth-order valence-corrected chi connectivity index (χ4v) is 2.64. The van der Waals surface area contributed by atoms with Crippen LogP contribution in [0.25, 0.3) is 0 Å². The molecule has 3 rings (SSSR count). The summed E-state index contributed by atoms with van der Waals surface area (Å²) in [6, 6.07) is 12.0. The van der Waals surface area contributed by atoms with Gasteiger partial charge in [0.15, 0.2) is 0 Å². The lowest BCUT2D eigenvalue weighted by Crippen LogP contribution is -2.34. The molecule has 0 aromatic heterocycles. The summed E-state index contributed by atoms with van der Waals surface area (Å²) >= 11 is 0. The number of imide groups is 1. The van der Waals surface area contributed by atoms with Crippen LogP contribution in [0.1, 0.15) is 13.3 Å². The van der Waals surface area contributed by atoms with Crippen LogP contribution in [0.2, 0.25) is 0 Å². The van der Waals surface area contributed by atoms with Crippen molar-refractivity contribution in [2.24, 2.45) is 0 Å². The first kappa shape index (κ1) is 16.0. The Morgan fingerprint density at radius 3 is 2.54 bits per heavy atom. The first-order chi connectivity index (χ1) is 11.6. The SMILES string of the molecule is CCOc1ccc(N2C(=O)CC(Nc3ccccc3F)C2=O)cc1. The summed E-state index contributed by atoms with van der Waals surface area (Å²) < 4.78 is 19.1. The van der Waals surface area contributed by atoms with Gasteiger partial charge in [0.1, 0.15) is 17.6 Å². The number of hydrogen-bond acceptors (Lipinski definition) is 4. The topological polar surface area (TPSA) is 58.6 Å². The van der Waals surface area contributed by atoms with Crippen molar-refractivity contribution < 1.29 is 18.7 Å². The number of para-hydroxylation sites is 1. The summed E-state index contributed by atoms with van der Waals surface area (Å²) in [5, 5.41) is 2.81.